The third-order valence-corrected chi connectivity index (χ3v) is 3.37. The highest BCUT2D eigenvalue weighted by Crippen LogP contribution is 2.22. The molecule has 1 aromatic rings. The van der Waals surface area contributed by atoms with E-state index in [1.165, 1.54) is 11.4 Å². The van der Waals surface area contributed by atoms with Crippen molar-refractivity contribution in [2.24, 2.45) is 5.92 Å². The van der Waals surface area contributed by atoms with Gasteiger partial charge in [0.25, 0.3) is 5.91 Å². The molecule has 0 aromatic carbocycles. The average Bonchev–Trinajstić information content (AvgIpc) is 2.83. The number of carbonyl (C=O) groups excluding carboxylic acids is 1. The van der Waals surface area contributed by atoms with Crippen molar-refractivity contribution in [2.45, 2.75) is 19.8 Å². The van der Waals surface area contributed by atoms with Crippen molar-refractivity contribution < 1.29 is 19.6 Å². The van der Waals surface area contributed by atoms with E-state index in [2.05, 4.69) is 5.32 Å². The van der Waals surface area contributed by atoms with Gasteiger partial charge in [0.2, 0.25) is 0 Å². The van der Waals surface area contributed by atoms with Gasteiger partial charge in [-0.15, -0.1) is 0 Å². The minimum atomic E-state index is -0.869. The van der Waals surface area contributed by atoms with Crippen LogP contribution < -0.4 is 5.32 Å². The summed E-state index contributed by atoms with van der Waals surface area (Å²) in [6.07, 6.45) is 0.528. The van der Waals surface area contributed by atoms with Gasteiger partial charge in [0.15, 0.2) is 0 Å². The van der Waals surface area contributed by atoms with Gasteiger partial charge in [0.05, 0.1) is 10.5 Å². The Kier molecular flexibility index (Phi) is 5.43. The molecule has 1 atom stereocenters. The molecule has 19 heavy (non-hydrogen) atoms. The van der Waals surface area contributed by atoms with Gasteiger partial charge < -0.3 is 10.4 Å². The predicted octanol–water partition coefficient (Wildman–Crippen LogP) is 1.89. The van der Waals surface area contributed by atoms with Gasteiger partial charge in [-0.05, 0) is 12.3 Å². The lowest BCUT2D eigenvalue weighted by Crippen LogP contribution is -2.28. The molecule has 7 nitrogen and oxygen atoms in total. The van der Waals surface area contributed by atoms with Gasteiger partial charge in [-0.1, -0.05) is 18.3 Å². The second kappa shape index (κ2) is 6.83. The maximum atomic E-state index is 11.7. The van der Waals surface area contributed by atoms with Crippen LogP contribution >= 0.6 is 11.3 Å². The lowest BCUT2D eigenvalue weighted by Gasteiger charge is -2.10. The van der Waals surface area contributed by atoms with E-state index in [0.717, 1.165) is 11.3 Å². The number of rotatable bonds is 7. The third-order valence-electron chi connectivity index (χ3n) is 2.49. The first-order chi connectivity index (χ1) is 8.90. The zero-order valence-corrected chi connectivity index (χ0v) is 11.1. The molecule has 0 radical (unpaired) electrons. The van der Waals surface area contributed by atoms with Crippen LogP contribution in [0.15, 0.2) is 11.4 Å². The second-order valence-electron chi connectivity index (χ2n) is 4.18. The summed E-state index contributed by atoms with van der Waals surface area (Å²) in [7, 11) is 0. The number of hydrogen-bond acceptors (Lipinski definition) is 5. The number of carboxylic acids is 1. The van der Waals surface area contributed by atoms with E-state index in [0.29, 0.717) is 13.0 Å². The number of hydrogen-bond donors (Lipinski definition) is 2. The summed E-state index contributed by atoms with van der Waals surface area (Å²) in [5.74, 6) is -1.22. The van der Waals surface area contributed by atoms with Crippen LogP contribution in [-0.2, 0) is 4.79 Å². The summed E-state index contributed by atoms with van der Waals surface area (Å²) in [5.41, 5.74) is 0.252. The molecule has 0 fully saturated rings. The monoisotopic (exact) mass is 286 g/mol. The Morgan fingerprint density at radius 2 is 2.26 bits per heavy atom. The highest BCUT2D eigenvalue weighted by Gasteiger charge is 2.15. The van der Waals surface area contributed by atoms with Gasteiger partial charge in [-0.3, -0.25) is 19.7 Å². The Labute approximate surface area is 113 Å². The highest BCUT2D eigenvalue weighted by molar-refractivity contribution is 7.13. The van der Waals surface area contributed by atoms with Gasteiger partial charge in [0, 0.05) is 24.4 Å². The van der Waals surface area contributed by atoms with E-state index in [9.17, 15) is 19.7 Å². The van der Waals surface area contributed by atoms with Gasteiger partial charge in [-0.25, -0.2) is 0 Å². The number of nitrogens with one attached hydrogen (secondary N) is 1. The number of amides is 1. The Hall–Kier alpha value is -1.96. The number of aliphatic carboxylic acids is 1. The van der Waals surface area contributed by atoms with E-state index < -0.39 is 10.9 Å². The summed E-state index contributed by atoms with van der Waals surface area (Å²) in [6, 6.07) is 1.22. The maximum Gasteiger partial charge on any atom is 0.324 e. The second-order valence-corrected chi connectivity index (χ2v) is 5.07. The van der Waals surface area contributed by atoms with E-state index in [1.807, 2.05) is 6.92 Å². The van der Waals surface area contributed by atoms with Gasteiger partial charge >= 0.3 is 11.0 Å². The van der Waals surface area contributed by atoms with Crippen molar-refractivity contribution in [3.8, 4) is 0 Å². The average molecular weight is 286 g/mol. The molecule has 1 amide bonds. The molecule has 1 unspecified atom stereocenters. The predicted molar refractivity (Wildman–Crippen MR) is 69.3 cm³/mol. The lowest BCUT2D eigenvalue weighted by atomic mass is 10.1. The first kappa shape index (κ1) is 15.1. The first-order valence-corrected chi connectivity index (χ1v) is 6.51. The molecule has 8 heteroatoms. The molecule has 104 valence electrons. The summed E-state index contributed by atoms with van der Waals surface area (Å²) < 4.78 is 0. The Morgan fingerprint density at radius 1 is 1.58 bits per heavy atom. The highest BCUT2D eigenvalue weighted by atomic mass is 32.1. The van der Waals surface area contributed by atoms with Crippen LogP contribution in [-0.4, -0.2) is 28.5 Å². The largest absolute Gasteiger partial charge is 0.481 e. The fraction of sp³-hybridized carbons (Fsp3) is 0.455. The zero-order chi connectivity index (χ0) is 14.4. The topological polar surface area (TPSA) is 110 Å². The normalized spacial score (nSPS) is 11.8. The van der Waals surface area contributed by atoms with Crippen molar-refractivity contribution >= 4 is 28.2 Å². The van der Waals surface area contributed by atoms with Crippen LogP contribution in [0.1, 0.15) is 30.1 Å². The molecule has 1 rings (SSSR count). The summed E-state index contributed by atoms with van der Waals surface area (Å²) in [6.45, 7) is 2.18. The zero-order valence-electron chi connectivity index (χ0n) is 10.3. The van der Waals surface area contributed by atoms with Crippen LogP contribution in [0.5, 0.6) is 0 Å². The lowest BCUT2D eigenvalue weighted by molar-refractivity contribution is -0.380. The summed E-state index contributed by atoms with van der Waals surface area (Å²) in [5, 5.41) is 23.0. The molecule has 0 aliphatic heterocycles. The molecule has 0 bridgehead atoms. The number of carbonyl (C=O) groups is 2. The number of carboxylic acid groups (broad SMARTS) is 1. The maximum absolute atomic E-state index is 11.7. The van der Waals surface area contributed by atoms with E-state index in [-0.39, 0.29) is 28.8 Å². The van der Waals surface area contributed by atoms with Crippen molar-refractivity contribution in [3.63, 3.8) is 0 Å². The van der Waals surface area contributed by atoms with E-state index >= 15 is 0 Å². The minimum Gasteiger partial charge on any atom is -0.481 e. The molecular weight excluding hydrogens is 272 g/mol. The quantitative estimate of drug-likeness (QED) is 0.587. The van der Waals surface area contributed by atoms with Gasteiger partial charge in [-0.2, -0.15) is 0 Å². The molecule has 0 spiro atoms. The Morgan fingerprint density at radius 3 is 2.79 bits per heavy atom. The number of nitrogens with zero attached hydrogens (tertiary/aromatic N) is 1. The molecular formula is C11H14N2O5S. The fourth-order valence-corrected chi connectivity index (χ4v) is 2.08. The Balaban J connectivity index is 2.42. The van der Waals surface area contributed by atoms with Crippen LogP contribution in [0.2, 0.25) is 0 Å². The summed E-state index contributed by atoms with van der Waals surface area (Å²) >= 11 is 0.897. The SMILES string of the molecule is CC(CCC(=O)O)CNC(=O)c1csc([N+](=O)[O-])c1. The minimum absolute atomic E-state index is 0.0358. The molecule has 0 saturated heterocycles. The van der Waals surface area contributed by atoms with Crippen molar-refractivity contribution in [3.05, 3.63) is 27.1 Å². The first-order valence-electron chi connectivity index (χ1n) is 5.63. The van der Waals surface area contributed by atoms with Gasteiger partial charge in [0.1, 0.15) is 0 Å². The smallest absolute Gasteiger partial charge is 0.324 e. The standard InChI is InChI=1S/C11H14N2O5S/c1-7(2-3-10(14)15)5-12-11(16)8-4-9(13(17)18)19-6-8/h4,6-7H,2-3,5H2,1H3,(H,12,16)(H,14,15). The Bertz CT molecular complexity index is 485. The number of thiophene rings is 1. The molecule has 1 heterocycles. The van der Waals surface area contributed by atoms with Crippen LogP contribution in [0.3, 0.4) is 0 Å². The third kappa shape index (κ3) is 5.04. The summed E-state index contributed by atoms with van der Waals surface area (Å²) in [4.78, 5) is 32.0. The van der Waals surface area contributed by atoms with Crippen molar-refractivity contribution in [2.75, 3.05) is 6.54 Å². The van der Waals surface area contributed by atoms with E-state index in [1.54, 1.807) is 0 Å². The van der Waals surface area contributed by atoms with E-state index in [4.69, 9.17) is 5.11 Å². The number of nitro groups is 1. The molecule has 0 saturated carbocycles. The van der Waals surface area contributed by atoms with Crippen LogP contribution in [0.25, 0.3) is 0 Å². The molecule has 1 aromatic heterocycles. The molecule has 0 aliphatic rings. The van der Waals surface area contributed by atoms with Crippen LogP contribution in [0, 0.1) is 16.0 Å². The molecule has 0 aliphatic carbocycles. The molecule has 2 N–H and O–H groups in total. The fourth-order valence-electron chi connectivity index (χ4n) is 1.38. The van der Waals surface area contributed by atoms with Crippen LogP contribution in [0.4, 0.5) is 5.00 Å². The van der Waals surface area contributed by atoms with Crippen molar-refractivity contribution in [1.29, 1.82) is 0 Å². The van der Waals surface area contributed by atoms with Crippen molar-refractivity contribution in [1.82, 2.24) is 5.32 Å².